The van der Waals surface area contributed by atoms with Crippen molar-refractivity contribution in [3.05, 3.63) is 107 Å². The number of fused-ring (bicyclic) bond motifs is 1. The van der Waals surface area contributed by atoms with Crippen LogP contribution in [0.3, 0.4) is 0 Å². The molecule has 1 N–H and O–H groups in total. The smallest absolute Gasteiger partial charge is 0.269 e. The maximum absolute atomic E-state index is 14.6. The first-order chi connectivity index (χ1) is 20.9. The third kappa shape index (κ3) is 5.90. The molecule has 43 heavy (non-hydrogen) atoms. The van der Waals surface area contributed by atoms with Gasteiger partial charge in [0.2, 0.25) is 5.91 Å². The van der Waals surface area contributed by atoms with Crippen molar-refractivity contribution < 1.29 is 18.7 Å². The van der Waals surface area contributed by atoms with E-state index in [9.17, 15) is 14.0 Å². The maximum atomic E-state index is 14.6. The molecule has 220 valence electrons. The fourth-order valence-corrected chi connectivity index (χ4v) is 6.85. The van der Waals surface area contributed by atoms with Crippen molar-refractivity contribution in [2.45, 2.75) is 51.1 Å². The summed E-state index contributed by atoms with van der Waals surface area (Å²) in [5.41, 5.74) is 2.73. The number of nitrogens with one attached hydrogen (secondary N) is 1. The van der Waals surface area contributed by atoms with E-state index in [1.54, 1.807) is 43.5 Å². The number of para-hydroxylation sites is 1. The summed E-state index contributed by atoms with van der Waals surface area (Å²) >= 11 is 1.32. The molecule has 2 heterocycles. The molecule has 2 aromatic heterocycles. The van der Waals surface area contributed by atoms with Gasteiger partial charge in [-0.15, -0.1) is 11.3 Å². The Labute approximate surface area is 253 Å². The molecule has 9 heteroatoms. The second kappa shape index (κ2) is 12.4. The maximum Gasteiger partial charge on any atom is 0.269 e. The number of aromatic nitrogens is 2. The molecule has 1 fully saturated rings. The zero-order chi connectivity index (χ0) is 29.9. The quantitative estimate of drug-likeness (QED) is 0.203. The van der Waals surface area contributed by atoms with Gasteiger partial charge < -0.3 is 10.1 Å². The highest BCUT2D eigenvalue weighted by molar-refractivity contribution is 7.20. The minimum absolute atomic E-state index is 0.0380. The predicted molar refractivity (Wildman–Crippen MR) is 168 cm³/mol. The summed E-state index contributed by atoms with van der Waals surface area (Å²) in [6, 6.07) is 23.5. The number of methoxy groups -OCH3 is 1. The third-order valence-electron chi connectivity index (χ3n) is 7.97. The minimum Gasteiger partial charge on any atom is -0.497 e. The summed E-state index contributed by atoms with van der Waals surface area (Å²) in [5.74, 6) is -0.418. The van der Waals surface area contributed by atoms with Gasteiger partial charge in [0.1, 0.15) is 22.4 Å². The van der Waals surface area contributed by atoms with Crippen LogP contribution in [0.1, 0.15) is 59.1 Å². The topological polar surface area (TPSA) is 76.5 Å². The Morgan fingerprint density at radius 1 is 1.00 bits per heavy atom. The number of anilines is 1. The standard InChI is InChI=1S/C34H33FN4O3S/c1-22-29-21-30(43-34(29)39(37-22)27-11-7-4-8-12-27)33(41)38(26-17-15-24(35)16-18-26)31(23-13-19-28(42-2)20-14-23)32(40)36-25-9-5-3-6-10-25/h4,7-8,11-21,25,31H,3,5-6,9-10H2,1-2H3,(H,36,40). The number of hydrogen-bond donors (Lipinski definition) is 1. The normalized spacial score (nSPS) is 14.4. The fraction of sp³-hybridized carbons (Fsp3) is 0.265. The van der Waals surface area contributed by atoms with Crippen molar-refractivity contribution in [3.8, 4) is 11.4 Å². The van der Waals surface area contributed by atoms with E-state index in [2.05, 4.69) is 5.32 Å². The zero-order valence-electron chi connectivity index (χ0n) is 24.1. The second-order valence-corrected chi connectivity index (χ2v) is 11.9. The van der Waals surface area contributed by atoms with E-state index in [0.29, 0.717) is 21.9 Å². The first-order valence-electron chi connectivity index (χ1n) is 14.5. The van der Waals surface area contributed by atoms with E-state index >= 15 is 0 Å². The number of nitrogens with zero attached hydrogens (tertiary/aromatic N) is 3. The van der Waals surface area contributed by atoms with Crippen LogP contribution in [0, 0.1) is 12.7 Å². The van der Waals surface area contributed by atoms with Crippen molar-refractivity contribution >= 4 is 39.1 Å². The molecule has 0 spiro atoms. The Morgan fingerprint density at radius 3 is 2.37 bits per heavy atom. The number of benzene rings is 3. The van der Waals surface area contributed by atoms with E-state index in [-0.39, 0.29) is 17.9 Å². The first-order valence-corrected chi connectivity index (χ1v) is 15.3. The number of amides is 2. The van der Waals surface area contributed by atoms with E-state index < -0.39 is 11.9 Å². The summed E-state index contributed by atoms with van der Waals surface area (Å²) in [6.45, 7) is 1.91. The fourth-order valence-electron chi connectivity index (χ4n) is 5.73. The lowest BCUT2D eigenvalue weighted by Crippen LogP contribution is -2.47. The summed E-state index contributed by atoms with van der Waals surface area (Å²) in [6.07, 6.45) is 5.06. The summed E-state index contributed by atoms with van der Waals surface area (Å²) in [4.78, 5) is 31.5. The van der Waals surface area contributed by atoms with Gasteiger partial charge in [0.25, 0.3) is 5.91 Å². The van der Waals surface area contributed by atoms with Gasteiger partial charge in [-0.25, -0.2) is 9.07 Å². The molecule has 0 aliphatic heterocycles. The molecule has 0 radical (unpaired) electrons. The molecule has 6 rings (SSSR count). The van der Waals surface area contributed by atoms with Crippen LogP contribution in [0.15, 0.2) is 84.9 Å². The van der Waals surface area contributed by atoms with Crippen LogP contribution in [0.4, 0.5) is 10.1 Å². The number of thiophene rings is 1. The van der Waals surface area contributed by atoms with Gasteiger partial charge in [-0.1, -0.05) is 49.6 Å². The molecular weight excluding hydrogens is 563 g/mol. The SMILES string of the molecule is COc1ccc(C(C(=O)NC2CCCCC2)N(C(=O)c2cc3c(C)nn(-c4ccccc4)c3s2)c2ccc(F)cc2)cc1. The lowest BCUT2D eigenvalue weighted by Gasteiger charge is -2.33. The van der Waals surface area contributed by atoms with Gasteiger partial charge in [-0.2, -0.15) is 5.10 Å². The Morgan fingerprint density at radius 2 is 1.70 bits per heavy atom. The van der Waals surface area contributed by atoms with Crippen LogP contribution in [0.25, 0.3) is 15.9 Å². The molecule has 0 saturated heterocycles. The number of carbonyl (C=O) groups is 2. The summed E-state index contributed by atoms with van der Waals surface area (Å²) in [7, 11) is 1.58. The highest BCUT2D eigenvalue weighted by atomic mass is 32.1. The molecule has 0 bridgehead atoms. The highest BCUT2D eigenvalue weighted by Gasteiger charge is 2.36. The van der Waals surface area contributed by atoms with Gasteiger partial charge >= 0.3 is 0 Å². The lowest BCUT2D eigenvalue weighted by atomic mass is 9.94. The Hall–Kier alpha value is -4.50. The van der Waals surface area contributed by atoms with Crippen LogP contribution < -0.4 is 15.0 Å². The van der Waals surface area contributed by atoms with Gasteiger partial charge in [-0.3, -0.25) is 14.5 Å². The Bertz CT molecular complexity index is 1730. The number of carbonyl (C=O) groups excluding carboxylic acids is 2. The van der Waals surface area contributed by atoms with E-state index in [1.165, 1.54) is 28.4 Å². The van der Waals surface area contributed by atoms with Gasteiger partial charge in [0.05, 0.1) is 23.4 Å². The van der Waals surface area contributed by atoms with E-state index in [4.69, 9.17) is 9.84 Å². The number of rotatable bonds is 8. The van der Waals surface area contributed by atoms with Crippen LogP contribution in [-0.2, 0) is 4.79 Å². The molecule has 1 atom stereocenters. The third-order valence-corrected chi connectivity index (χ3v) is 9.07. The summed E-state index contributed by atoms with van der Waals surface area (Å²) < 4.78 is 21.3. The molecule has 5 aromatic rings. The largest absolute Gasteiger partial charge is 0.497 e. The molecule has 1 aliphatic carbocycles. The van der Waals surface area contributed by atoms with Crippen molar-refractivity contribution in [2.75, 3.05) is 12.0 Å². The van der Waals surface area contributed by atoms with Gasteiger partial charge in [0, 0.05) is 17.1 Å². The Kier molecular flexibility index (Phi) is 8.24. The van der Waals surface area contributed by atoms with Crippen LogP contribution in [0.2, 0.25) is 0 Å². The van der Waals surface area contributed by atoms with Crippen molar-refractivity contribution in [1.82, 2.24) is 15.1 Å². The molecule has 3 aromatic carbocycles. The zero-order valence-corrected chi connectivity index (χ0v) is 24.9. The molecule has 1 unspecified atom stereocenters. The van der Waals surface area contributed by atoms with Crippen molar-refractivity contribution in [1.29, 1.82) is 0 Å². The van der Waals surface area contributed by atoms with Gasteiger partial charge in [0.15, 0.2) is 0 Å². The number of halogens is 1. The molecule has 1 saturated carbocycles. The predicted octanol–water partition coefficient (Wildman–Crippen LogP) is 7.38. The van der Waals surface area contributed by atoms with Crippen molar-refractivity contribution in [2.24, 2.45) is 0 Å². The monoisotopic (exact) mass is 596 g/mol. The van der Waals surface area contributed by atoms with Crippen molar-refractivity contribution in [3.63, 3.8) is 0 Å². The number of hydrogen-bond acceptors (Lipinski definition) is 5. The molecule has 2 amide bonds. The van der Waals surface area contributed by atoms with Crippen LogP contribution >= 0.6 is 11.3 Å². The molecule has 7 nitrogen and oxygen atoms in total. The summed E-state index contributed by atoms with van der Waals surface area (Å²) in [5, 5.41) is 8.80. The van der Waals surface area contributed by atoms with Crippen LogP contribution in [-0.4, -0.2) is 34.7 Å². The number of aryl methyl sites for hydroxylation is 1. The van der Waals surface area contributed by atoms with E-state index in [0.717, 1.165) is 53.7 Å². The van der Waals surface area contributed by atoms with E-state index in [1.807, 2.05) is 48.0 Å². The minimum atomic E-state index is -0.997. The molecule has 1 aliphatic rings. The molecular formula is C34H33FN4O3S. The highest BCUT2D eigenvalue weighted by Crippen LogP contribution is 2.36. The van der Waals surface area contributed by atoms with Crippen LogP contribution in [0.5, 0.6) is 5.75 Å². The Balaban J connectivity index is 1.46. The first kappa shape index (κ1) is 28.6. The second-order valence-electron chi connectivity index (χ2n) is 10.8. The lowest BCUT2D eigenvalue weighted by molar-refractivity contribution is -0.123. The average molecular weight is 597 g/mol. The number of ether oxygens (including phenoxy) is 1. The van der Waals surface area contributed by atoms with Gasteiger partial charge in [-0.05, 0) is 79.9 Å². The average Bonchev–Trinajstić information content (AvgIpc) is 3.61.